The molecule has 2 heterocycles. The third-order valence-electron chi connectivity index (χ3n) is 3.59. The molecular weight excluding hydrogens is 340 g/mol. The van der Waals surface area contributed by atoms with Gasteiger partial charge in [-0.1, -0.05) is 0 Å². The Kier molecular flexibility index (Phi) is 4.62. The van der Waals surface area contributed by atoms with Crippen LogP contribution in [0.25, 0.3) is 10.2 Å². The Labute approximate surface area is 147 Å². The van der Waals surface area contributed by atoms with Crippen molar-refractivity contribution in [1.29, 1.82) is 0 Å². The van der Waals surface area contributed by atoms with E-state index in [-0.39, 0.29) is 23.9 Å². The minimum Gasteiger partial charge on any atom is -0.345 e. The Balaban J connectivity index is 1.70. The van der Waals surface area contributed by atoms with Crippen molar-refractivity contribution in [3.63, 3.8) is 0 Å². The largest absolute Gasteiger partial charge is 0.345 e. The number of thiophene rings is 1. The van der Waals surface area contributed by atoms with Gasteiger partial charge in [-0.15, -0.1) is 11.3 Å². The first-order valence-corrected chi connectivity index (χ1v) is 8.38. The van der Waals surface area contributed by atoms with Gasteiger partial charge >= 0.3 is 0 Å². The van der Waals surface area contributed by atoms with E-state index in [1.165, 1.54) is 27.1 Å². The van der Waals surface area contributed by atoms with Gasteiger partial charge in [-0.2, -0.15) is 0 Å². The molecular formula is C17H16N4O3S. The minimum absolute atomic E-state index is 0.112. The van der Waals surface area contributed by atoms with Crippen molar-refractivity contribution >= 4 is 39.1 Å². The average molecular weight is 356 g/mol. The molecule has 0 atom stereocenters. The molecule has 0 saturated carbocycles. The number of anilines is 1. The lowest BCUT2D eigenvalue weighted by Gasteiger charge is -2.11. The molecule has 128 valence electrons. The van der Waals surface area contributed by atoms with E-state index in [1.54, 1.807) is 49.8 Å². The fourth-order valence-corrected chi connectivity index (χ4v) is 3.04. The second kappa shape index (κ2) is 6.86. The molecule has 0 saturated heterocycles. The van der Waals surface area contributed by atoms with E-state index in [0.29, 0.717) is 21.5 Å². The molecule has 3 aromatic rings. The predicted molar refractivity (Wildman–Crippen MR) is 97.0 cm³/mol. The quantitative estimate of drug-likeness (QED) is 0.772. The normalized spacial score (nSPS) is 10.6. The molecule has 0 fully saturated rings. The van der Waals surface area contributed by atoms with Crippen LogP contribution in [-0.4, -0.2) is 40.4 Å². The fraction of sp³-hybridized carbons (Fsp3) is 0.176. The van der Waals surface area contributed by atoms with E-state index in [9.17, 15) is 14.4 Å². The van der Waals surface area contributed by atoms with Gasteiger partial charge in [0.05, 0.1) is 11.7 Å². The van der Waals surface area contributed by atoms with E-state index in [0.717, 1.165) is 0 Å². The first-order valence-electron chi connectivity index (χ1n) is 7.50. The highest BCUT2D eigenvalue weighted by Gasteiger charge is 2.10. The van der Waals surface area contributed by atoms with Gasteiger partial charge in [0.2, 0.25) is 5.91 Å². The summed E-state index contributed by atoms with van der Waals surface area (Å²) in [5.74, 6) is -0.454. The van der Waals surface area contributed by atoms with Crippen molar-refractivity contribution in [2.45, 2.75) is 6.54 Å². The van der Waals surface area contributed by atoms with Crippen LogP contribution in [0.5, 0.6) is 0 Å². The zero-order valence-corrected chi connectivity index (χ0v) is 14.5. The van der Waals surface area contributed by atoms with Crippen molar-refractivity contribution in [1.82, 2.24) is 14.5 Å². The van der Waals surface area contributed by atoms with Crippen LogP contribution < -0.4 is 10.9 Å². The average Bonchev–Trinajstić information content (AvgIpc) is 3.07. The Morgan fingerprint density at radius 1 is 1.20 bits per heavy atom. The first kappa shape index (κ1) is 16.8. The van der Waals surface area contributed by atoms with Gasteiger partial charge < -0.3 is 10.2 Å². The van der Waals surface area contributed by atoms with Crippen LogP contribution in [-0.2, 0) is 11.3 Å². The van der Waals surface area contributed by atoms with E-state index in [1.807, 2.05) is 0 Å². The van der Waals surface area contributed by atoms with Crippen molar-refractivity contribution in [2.75, 3.05) is 19.4 Å². The number of benzene rings is 1. The Morgan fingerprint density at radius 3 is 2.60 bits per heavy atom. The summed E-state index contributed by atoms with van der Waals surface area (Å²) in [7, 11) is 3.35. The maximum atomic E-state index is 12.3. The van der Waals surface area contributed by atoms with E-state index in [4.69, 9.17) is 0 Å². The van der Waals surface area contributed by atoms with Crippen molar-refractivity contribution < 1.29 is 9.59 Å². The van der Waals surface area contributed by atoms with E-state index < -0.39 is 0 Å². The summed E-state index contributed by atoms with van der Waals surface area (Å²) in [6.07, 6.45) is 1.37. The number of aromatic nitrogens is 2. The molecule has 0 bridgehead atoms. The number of nitrogens with zero attached hydrogens (tertiary/aromatic N) is 3. The molecule has 0 aliphatic carbocycles. The van der Waals surface area contributed by atoms with Gasteiger partial charge in [0.15, 0.2) is 0 Å². The van der Waals surface area contributed by atoms with Crippen LogP contribution in [0.3, 0.4) is 0 Å². The molecule has 0 radical (unpaired) electrons. The molecule has 2 amide bonds. The molecule has 0 unspecified atom stereocenters. The highest BCUT2D eigenvalue weighted by atomic mass is 32.1. The summed E-state index contributed by atoms with van der Waals surface area (Å²) in [4.78, 5) is 42.6. The number of hydrogen-bond donors (Lipinski definition) is 1. The summed E-state index contributed by atoms with van der Waals surface area (Å²) >= 11 is 1.38. The number of carbonyl (C=O) groups is 2. The van der Waals surface area contributed by atoms with Gasteiger partial charge in [0, 0.05) is 25.3 Å². The molecule has 8 heteroatoms. The molecule has 7 nitrogen and oxygen atoms in total. The monoisotopic (exact) mass is 356 g/mol. The maximum Gasteiger partial charge on any atom is 0.262 e. The number of rotatable bonds is 4. The lowest BCUT2D eigenvalue weighted by molar-refractivity contribution is -0.116. The summed E-state index contributed by atoms with van der Waals surface area (Å²) in [5, 5.41) is 5.00. The molecule has 25 heavy (non-hydrogen) atoms. The predicted octanol–water partition coefficient (Wildman–Crippen LogP) is 1.80. The number of nitrogens with one attached hydrogen (secondary N) is 1. The summed E-state index contributed by atoms with van der Waals surface area (Å²) in [5.41, 5.74) is 0.845. The van der Waals surface area contributed by atoms with Gasteiger partial charge in [0.1, 0.15) is 11.4 Å². The lowest BCUT2D eigenvalue weighted by atomic mass is 10.2. The number of amides is 2. The third kappa shape index (κ3) is 3.58. The van der Waals surface area contributed by atoms with Gasteiger partial charge in [0.25, 0.3) is 11.5 Å². The zero-order chi connectivity index (χ0) is 18.0. The minimum atomic E-state index is -0.342. The van der Waals surface area contributed by atoms with Crippen LogP contribution in [0, 0.1) is 0 Å². The Morgan fingerprint density at radius 2 is 1.92 bits per heavy atom. The SMILES string of the molecule is CN(C)C(=O)c1ccc(NC(=O)Cn2cnc3sccc3c2=O)cc1. The van der Waals surface area contributed by atoms with Crippen LogP contribution >= 0.6 is 11.3 Å². The third-order valence-corrected chi connectivity index (χ3v) is 4.41. The summed E-state index contributed by atoms with van der Waals surface area (Å²) in [6.45, 7) is -0.129. The second-order valence-corrected chi connectivity index (χ2v) is 6.54. The van der Waals surface area contributed by atoms with Gasteiger partial charge in [-0.25, -0.2) is 4.98 Å². The van der Waals surface area contributed by atoms with Crippen molar-refractivity contribution in [3.05, 3.63) is 58.0 Å². The van der Waals surface area contributed by atoms with Gasteiger partial charge in [-0.05, 0) is 35.7 Å². The fourth-order valence-electron chi connectivity index (χ4n) is 2.32. The van der Waals surface area contributed by atoms with Crippen LogP contribution in [0.2, 0.25) is 0 Å². The molecule has 1 N–H and O–H groups in total. The number of hydrogen-bond acceptors (Lipinski definition) is 5. The summed E-state index contributed by atoms with van der Waals surface area (Å²) < 4.78 is 1.27. The summed E-state index contributed by atoms with van der Waals surface area (Å²) in [6, 6.07) is 8.28. The first-order chi connectivity index (χ1) is 12.0. The highest BCUT2D eigenvalue weighted by molar-refractivity contribution is 7.16. The molecule has 2 aromatic heterocycles. The highest BCUT2D eigenvalue weighted by Crippen LogP contribution is 2.14. The van der Waals surface area contributed by atoms with E-state index >= 15 is 0 Å². The van der Waals surface area contributed by atoms with Crippen LogP contribution in [0.4, 0.5) is 5.69 Å². The smallest absolute Gasteiger partial charge is 0.262 e. The number of carbonyl (C=O) groups excluding carboxylic acids is 2. The van der Waals surface area contributed by atoms with Gasteiger partial charge in [-0.3, -0.25) is 19.0 Å². The van der Waals surface area contributed by atoms with Crippen molar-refractivity contribution in [3.8, 4) is 0 Å². The maximum absolute atomic E-state index is 12.3. The lowest BCUT2D eigenvalue weighted by Crippen LogP contribution is -2.27. The van der Waals surface area contributed by atoms with Crippen LogP contribution in [0.1, 0.15) is 10.4 Å². The molecule has 1 aromatic carbocycles. The Hall–Kier alpha value is -3.00. The number of fused-ring (bicyclic) bond motifs is 1. The molecule has 3 rings (SSSR count). The van der Waals surface area contributed by atoms with Crippen molar-refractivity contribution in [2.24, 2.45) is 0 Å². The van der Waals surface area contributed by atoms with Crippen LogP contribution in [0.15, 0.2) is 46.8 Å². The molecule has 0 aliphatic heterocycles. The second-order valence-electron chi connectivity index (χ2n) is 5.64. The Bertz CT molecular complexity index is 989. The molecule has 0 spiro atoms. The topological polar surface area (TPSA) is 84.3 Å². The standard InChI is InChI=1S/C17H16N4O3S/c1-20(2)16(23)11-3-5-12(6-4-11)19-14(22)9-21-10-18-15-13(17(21)24)7-8-25-15/h3-8,10H,9H2,1-2H3,(H,19,22). The van der Waals surface area contributed by atoms with E-state index in [2.05, 4.69) is 10.3 Å². The molecule has 0 aliphatic rings. The zero-order valence-electron chi connectivity index (χ0n) is 13.7.